The summed E-state index contributed by atoms with van der Waals surface area (Å²) in [7, 11) is 4.50. The SMILES string of the molecule is COc1cc(NC(=O)[C@@H]2[C@H]3CC[C@@H](C3)[C@H]2C(=O)O)cc(OC)c1OC. The van der Waals surface area contributed by atoms with Gasteiger partial charge < -0.3 is 24.6 Å². The van der Waals surface area contributed by atoms with Gasteiger partial charge in [-0.3, -0.25) is 9.59 Å². The van der Waals surface area contributed by atoms with Gasteiger partial charge in [-0.05, 0) is 31.1 Å². The number of methoxy groups -OCH3 is 3. The van der Waals surface area contributed by atoms with Crippen molar-refractivity contribution >= 4 is 17.6 Å². The molecular weight excluding hydrogens is 326 g/mol. The van der Waals surface area contributed by atoms with Crippen molar-refractivity contribution in [2.24, 2.45) is 23.7 Å². The predicted octanol–water partition coefficient (Wildman–Crippen LogP) is 2.40. The molecule has 1 amide bonds. The Balaban J connectivity index is 1.84. The highest BCUT2D eigenvalue weighted by Crippen LogP contribution is 2.52. The standard InChI is InChI=1S/C18H23NO6/c1-23-12-7-11(8-13(24-2)16(12)25-3)19-17(20)14-9-4-5-10(6-9)15(14)18(21)22/h7-10,14-15H,4-6H2,1-3H3,(H,19,20)(H,21,22)/t9-,10-,14+,15+/m0/s1. The summed E-state index contributed by atoms with van der Waals surface area (Å²) in [6, 6.07) is 3.28. The first-order chi connectivity index (χ1) is 12.0. The summed E-state index contributed by atoms with van der Waals surface area (Å²) in [4.78, 5) is 24.4. The van der Waals surface area contributed by atoms with Crippen molar-refractivity contribution in [1.29, 1.82) is 0 Å². The average Bonchev–Trinajstić information content (AvgIpc) is 3.21. The number of fused-ring (bicyclic) bond motifs is 2. The monoisotopic (exact) mass is 349 g/mol. The van der Waals surface area contributed by atoms with Crippen LogP contribution in [0, 0.1) is 23.7 Å². The Kier molecular flexibility index (Phi) is 4.74. The van der Waals surface area contributed by atoms with Crippen LogP contribution in [0.5, 0.6) is 17.2 Å². The lowest BCUT2D eigenvalue weighted by Crippen LogP contribution is -2.37. The van der Waals surface area contributed by atoms with Crippen molar-refractivity contribution in [3.8, 4) is 17.2 Å². The highest BCUT2D eigenvalue weighted by molar-refractivity contribution is 5.96. The summed E-state index contributed by atoms with van der Waals surface area (Å²) >= 11 is 0. The molecule has 2 aliphatic carbocycles. The minimum atomic E-state index is -0.878. The Hall–Kier alpha value is -2.44. The molecule has 2 bridgehead atoms. The summed E-state index contributed by atoms with van der Waals surface area (Å²) in [6.45, 7) is 0. The fourth-order valence-corrected chi connectivity index (χ4v) is 4.40. The Morgan fingerprint density at radius 3 is 2.04 bits per heavy atom. The third kappa shape index (κ3) is 2.99. The zero-order chi connectivity index (χ0) is 18.1. The molecule has 7 nitrogen and oxygen atoms in total. The van der Waals surface area contributed by atoms with Crippen LogP contribution in [0.25, 0.3) is 0 Å². The third-order valence-corrected chi connectivity index (χ3v) is 5.44. The van der Waals surface area contributed by atoms with Gasteiger partial charge in [-0.1, -0.05) is 0 Å². The van der Waals surface area contributed by atoms with E-state index >= 15 is 0 Å². The van der Waals surface area contributed by atoms with Gasteiger partial charge in [0.25, 0.3) is 0 Å². The van der Waals surface area contributed by atoms with Gasteiger partial charge in [0.1, 0.15) is 0 Å². The van der Waals surface area contributed by atoms with Crippen LogP contribution in [0.4, 0.5) is 5.69 Å². The number of carbonyl (C=O) groups excluding carboxylic acids is 1. The number of nitrogens with one attached hydrogen (secondary N) is 1. The van der Waals surface area contributed by atoms with Crippen molar-refractivity contribution in [1.82, 2.24) is 0 Å². The van der Waals surface area contributed by atoms with Crippen LogP contribution in [0.1, 0.15) is 19.3 Å². The second-order valence-corrected chi connectivity index (χ2v) is 6.63. The molecule has 0 aliphatic heterocycles. The van der Waals surface area contributed by atoms with Crippen LogP contribution in [0.15, 0.2) is 12.1 Å². The zero-order valence-electron chi connectivity index (χ0n) is 14.6. The number of amides is 1. The molecule has 1 aromatic rings. The largest absolute Gasteiger partial charge is 0.493 e. The van der Waals surface area contributed by atoms with E-state index in [2.05, 4.69) is 5.32 Å². The van der Waals surface area contributed by atoms with E-state index in [9.17, 15) is 14.7 Å². The van der Waals surface area contributed by atoms with E-state index in [0.717, 1.165) is 19.3 Å². The first-order valence-corrected chi connectivity index (χ1v) is 8.33. The fraction of sp³-hybridized carbons (Fsp3) is 0.556. The molecule has 0 heterocycles. The molecule has 1 aromatic carbocycles. The number of benzene rings is 1. The van der Waals surface area contributed by atoms with E-state index in [1.807, 2.05) is 0 Å². The van der Waals surface area contributed by atoms with Crippen molar-refractivity contribution in [2.75, 3.05) is 26.6 Å². The Morgan fingerprint density at radius 2 is 1.56 bits per heavy atom. The predicted molar refractivity (Wildman–Crippen MR) is 90.2 cm³/mol. The summed E-state index contributed by atoms with van der Waals surface area (Å²) in [6.07, 6.45) is 2.64. The highest BCUT2D eigenvalue weighted by atomic mass is 16.5. The number of hydrogen-bond donors (Lipinski definition) is 2. The molecule has 0 spiro atoms. The molecular formula is C18H23NO6. The maximum Gasteiger partial charge on any atom is 0.307 e. The smallest absolute Gasteiger partial charge is 0.307 e. The molecule has 2 fully saturated rings. The molecule has 0 aromatic heterocycles. The lowest BCUT2D eigenvalue weighted by Gasteiger charge is -2.27. The number of anilines is 1. The van der Waals surface area contributed by atoms with E-state index in [4.69, 9.17) is 14.2 Å². The molecule has 2 aliphatic rings. The highest BCUT2D eigenvalue weighted by Gasteiger charge is 2.54. The fourth-order valence-electron chi connectivity index (χ4n) is 4.40. The molecule has 2 saturated carbocycles. The van der Waals surface area contributed by atoms with Gasteiger partial charge >= 0.3 is 5.97 Å². The number of rotatable bonds is 6. The second-order valence-electron chi connectivity index (χ2n) is 6.63. The average molecular weight is 349 g/mol. The van der Waals surface area contributed by atoms with Crippen LogP contribution in [0.3, 0.4) is 0 Å². The van der Waals surface area contributed by atoms with Crippen LogP contribution in [-0.4, -0.2) is 38.3 Å². The molecule has 25 heavy (non-hydrogen) atoms. The van der Waals surface area contributed by atoms with E-state index in [-0.39, 0.29) is 17.7 Å². The Bertz CT molecular complexity index is 663. The van der Waals surface area contributed by atoms with E-state index in [1.54, 1.807) is 12.1 Å². The quantitative estimate of drug-likeness (QED) is 0.819. The van der Waals surface area contributed by atoms with Crippen LogP contribution in [0.2, 0.25) is 0 Å². The summed E-state index contributed by atoms with van der Waals surface area (Å²) in [5.41, 5.74) is 0.492. The van der Waals surface area contributed by atoms with Gasteiger partial charge in [0.05, 0.1) is 33.2 Å². The molecule has 0 unspecified atom stereocenters. The van der Waals surface area contributed by atoms with Gasteiger partial charge in [-0.15, -0.1) is 0 Å². The number of carboxylic acids is 1. The summed E-state index contributed by atoms with van der Waals surface area (Å²) < 4.78 is 15.8. The van der Waals surface area contributed by atoms with Crippen LogP contribution in [-0.2, 0) is 9.59 Å². The number of carboxylic acid groups (broad SMARTS) is 1. The first kappa shape index (κ1) is 17.4. The maximum absolute atomic E-state index is 12.8. The number of carbonyl (C=O) groups is 2. The van der Waals surface area contributed by atoms with Gasteiger partial charge in [-0.2, -0.15) is 0 Å². The molecule has 0 radical (unpaired) electrons. The van der Waals surface area contributed by atoms with Crippen LogP contribution >= 0.6 is 0 Å². The van der Waals surface area contributed by atoms with Gasteiger partial charge in [0.2, 0.25) is 11.7 Å². The molecule has 4 atom stereocenters. The van der Waals surface area contributed by atoms with Gasteiger partial charge in [0, 0.05) is 17.8 Å². The van der Waals surface area contributed by atoms with Crippen molar-refractivity contribution in [3.05, 3.63) is 12.1 Å². The van der Waals surface area contributed by atoms with E-state index in [1.165, 1.54) is 21.3 Å². The second kappa shape index (κ2) is 6.82. The first-order valence-electron chi connectivity index (χ1n) is 8.33. The Morgan fingerprint density at radius 1 is 1.00 bits per heavy atom. The van der Waals surface area contributed by atoms with Gasteiger partial charge in [0.15, 0.2) is 11.5 Å². The van der Waals surface area contributed by atoms with Crippen molar-refractivity contribution in [2.45, 2.75) is 19.3 Å². The third-order valence-electron chi connectivity index (χ3n) is 5.44. The lowest BCUT2D eigenvalue weighted by molar-refractivity contribution is -0.148. The molecule has 3 rings (SSSR count). The van der Waals surface area contributed by atoms with Crippen molar-refractivity contribution < 1.29 is 28.9 Å². The van der Waals surface area contributed by atoms with Crippen molar-refractivity contribution in [3.63, 3.8) is 0 Å². The minimum absolute atomic E-state index is 0.109. The normalized spacial score (nSPS) is 27.0. The van der Waals surface area contributed by atoms with E-state index < -0.39 is 17.8 Å². The Labute approximate surface area is 146 Å². The summed E-state index contributed by atoms with van der Waals surface area (Å²) in [5, 5.41) is 12.4. The minimum Gasteiger partial charge on any atom is -0.493 e. The molecule has 7 heteroatoms. The van der Waals surface area contributed by atoms with Crippen LogP contribution < -0.4 is 19.5 Å². The number of ether oxygens (including phenoxy) is 3. The molecule has 2 N–H and O–H groups in total. The lowest BCUT2D eigenvalue weighted by atomic mass is 9.78. The molecule has 136 valence electrons. The van der Waals surface area contributed by atoms with Gasteiger partial charge in [-0.25, -0.2) is 0 Å². The zero-order valence-corrected chi connectivity index (χ0v) is 14.6. The number of hydrogen-bond acceptors (Lipinski definition) is 5. The summed E-state index contributed by atoms with van der Waals surface area (Å²) in [5.74, 6) is -0.667. The maximum atomic E-state index is 12.8. The number of aliphatic carboxylic acids is 1. The topological polar surface area (TPSA) is 94.1 Å². The molecule has 0 saturated heterocycles. The van der Waals surface area contributed by atoms with E-state index in [0.29, 0.717) is 22.9 Å².